The van der Waals surface area contributed by atoms with Crippen LogP contribution in [0.3, 0.4) is 0 Å². The van der Waals surface area contributed by atoms with Gasteiger partial charge in [-0.2, -0.15) is 0 Å². The molecular formula is C30H32O5. The first kappa shape index (κ1) is 25.9. The molecule has 3 aromatic carbocycles. The maximum Gasteiger partial charge on any atom is 0.352 e. The van der Waals surface area contributed by atoms with Crippen molar-refractivity contribution in [1.29, 1.82) is 0 Å². The fourth-order valence-corrected chi connectivity index (χ4v) is 3.56. The number of benzene rings is 3. The number of carbonyl (C=O) groups is 2. The van der Waals surface area contributed by atoms with E-state index in [0.29, 0.717) is 18.6 Å². The lowest BCUT2D eigenvalue weighted by Crippen LogP contribution is -2.23. The first-order valence-electron chi connectivity index (χ1n) is 11.8. The smallest absolute Gasteiger partial charge is 0.352 e. The largest absolute Gasteiger partial charge is 0.454 e. The minimum absolute atomic E-state index is 0.0515. The average molecular weight is 473 g/mol. The highest BCUT2D eigenvalue weighted by molar-refractivity contribution is 5.80. The van der Waals surface area contributed by atoms with Crippen LogP contribution in [0.4, 0.5) is 0 Å². The summed E-state index contributed by atoms with van der Waals surface area (Å²) in [5.74, 6) is -1.15. The van der Waals surface area contributed by atoms with E-state index in [2.05, 4.69) is 0 Å². The minimum Gasteiger partial charge on any atom is -0.454 e. The Morgan fingerprint density at radius 2 is 1.29 bits per heavy atom. The van der Waals surface area contributed by atoms with E-state index in [1.165, 1.54) is 6.92 Å². The summed E-state index contributed by atoms with van der Waals surface area (Å²) < 4.78 is 17.1. The van der Waals surface area contributed by atoms with Gasteiger partial charge in [0.2, 0.25) is 6.10 Å². The second-order valence-electron chi connectivity index (χ2n) is 8.29. The lowest BCUT2D eigenvalue weighted by atomic mass is 10.1. The van der Waals surface area contributed by atoms with Crippen LogP contribution >= 0.6 is 0 Å². The van der Waals surface area contributed by atoms with Gasteiger partial charge in [-0.3, -0.25) is 4.79 Å². The molecule has 3 atom stereocenters. The molecule has 0 radical (unpaired) electrons. The highest BCUT2D eigenvalue weighted by atomic mass is 16.6. The Morgan fingerprint density at radius 1 is 0.743 bits per heavy atom. The predicted octanol–water partition coefficient (Wildman–Crippen LogP) is 6.52. The number of hydrogen-bond acceptors (Lipinski definition) is 5. The van der Waals surface area contributed by atoms with Gasteiger partial charge in [-0.1, -0.05) is 103 Å². The molecule has 3 rings (SSSR count). The van der Waals surface area contributed by atoms with Crippen molar-refractivity contribution in [2.75, 3.05) is 0 Å². The van der Waals surface area contributed by atoms with Crippen LogP contribution in [0, 0.1) is 0 Å². The van der Waals surface area contributed by atoms with Gasteiger partial charge in [-0.15, -0.1) is 0 Å². The molecule has 0 aliphatic rings. The van der Waals surface area contributed by atoms with Crippen molar-refractivity contribution in [3.05, 3.63) is 120 Å². The van der Waals surface area contributed by atoms with Crippen LogP contribution in [0.2, 0.25) is 0 Å². The van der Waals surface area contributed by atoms with Crippen molar-refractivity contribution in [2.45, 2.75) is 51.6 Å². The van der Waals surface area contributed by atoms with Gasteiger partial charge in [-0.05, 0) is 24.5 Å². The summed E-state index contributed by atoms with van der Waals surface area (Å²) in [5.41, 5.74) is 2.58. The molecular weight excluding hydrogens is 440 g/mol. The highest BCUT2D eigenvalue weighted by Crippen LogP contribution is 2.27. The van der Waals surface area contributed by atoms with E-state index in [9.17, 15) is 9.59 Å². The van der Waals surface area contributed by atoms with E-state index in [1.54, 1.807) is 24.3 Å². The predicted molar refractivity (Wildman–Crippen MR) is 135 cm³/mol. The van der Waals surface area contributed by atoms with Gasteiger partial charge in [0.15, 0.2) is 0 Å². The zero-order valence-electron chi connectivity index (χ0n) is 20.2. The number of ether oxygens (including phenoxy) is 3. The second kappa shape index (κ2) is 13.9. The fourth-order valence-electron chi connectivity index (χ4n) is 3.56. The first-order chi connectivity index (χ1) is 17.0. The van der Waals surface area contributed by atoms with Crippen LogP contribution in [0.5, 0.6) is 0 Å². The van der Waals surface area contributed by atoms with Gasteiger partial charge in [-0.25, -0.2) is 4.79 Å². The van der Waals surface area contributed by atoms with Gasteiger partial charge in [0, 0.05) is 18.9 Å². The third-order valence-corrected chi connectivity index (χ3v) is 5.39. The highest BCUT2D eigenvalue weighted by Gasteiger charge is 2.28. The quantitative estimate of drug-likeness (QED) is 0.222. The summed E-state index contributed by atoms with van der Waals surface area (Å²) in [6.07, 6.45) is 3.69. The first-order valence-corrected chi connectivity index (χ1v) is 11.8. The van der Waals surface area contributed by atoms with Gasteiger partial charge in [0.1, 0.15) is 6.10 Å². The molecule has 0 aliphatic heterocycles. The standard InChI is InChI=1S/C30H32O5/c1-23(33-22-25-15-6-3-7-16-25)14-12-13-21-28(26-17-8-4-9-18-26)35-30(32)29(34-24(2)31)27-19-10-5-11-20-27/h3-13,15-20,23,28-29H,14,21-22H2,1-2H3/b13-12-/t23-,28-,29+/m1/s1. The van der Waals surface area contributed by atoms with Crippen molar-refractivity contribution < 1.29 is 23.8 Å². The molecule has 0 fully saturated rings. The summed E-state index contributed by atoms with van der Waals surface area (Å²) in [5, 5.41) is 0. The topological polar surface area (TPSA) is 61.8 Å². The monoisotopic (exact) mass is 472 g/mol. The Balaban J connectivity index is 1.62. The molecule has 0 amide bonds. The van der Waals surface area contributed by atoms with Crippen molar-refractivity contribution in [3.63, 3.8) is 0 Å². The Bertz CT molecular complexity index is 1060. The Kier molecular flexibility index (Phi) is 10.3. The molecule has 0 aromatic heterocycles. The lowest BCUT2D eigenvalue weighted by molar-refractivity contribution is -0.171. The summed E-state index contributed by atoms with van der Waals surface area (Å²) in [7, 11) is 0. The van der Waals surface area contributed by atoms with E-state index in [1.807, 2.05) is 85.8 Å². The molecule has 0 saturated heterocycles. The zero-order chi connectivity index (χ0) is 24.9. The maximum absolute atomic E-state index is 13.1. The molecule has 0 heterocycles. The van der Waals surface area contributed by atoms with Crippen LogP contribution in [-0.2, 0) is 30.4 Å². The number of esters is 2. The normalized spacial score (nSPS) is 13.7. The van der Waals surface area contributed by atoms with Crippen LogP contribution < -0.4 is 0 Å². The van der Waals surface area contributed by atoms with E-state index < -0.39 is 24.1 Å². The SMILES string of the molecule is CC(=O)O[C@H](C(=O)O[C@H](C/C=C\C[C@@H](C)OCc1ccccc1)c1ccccc1)c1ccccc1. The number of carbonyl (C=O) groups excluding carboxylic acids is 2. The molecule has 0 N–H and O–H groups in total. The molecule has 0 bridgehead atoms. The van der Waals surface area contributed by atoms with E-state index in [4.69, 9.17) is 14.2 Å². The van der Waals surface area contributed by atoms with Crippen molar-refractivity contribution in [3.8, 4) is 0 Å². The second-order valence-corrected chi connectivity index (χ2v) is 8.29. The van der Waals surface area contributed by atoms with Crippen molar-refractivity contribution >= 4 is 11.9 Å². The Hall–Kier alpha value is -3.70. The number of rotatable bonds is 12. The molecule has 35 heavy (non-hydrogen) atoms. The molecule has 3 aromatic rings. The van der Waals surface area contributed by atoms with Crippen molar-refractivity contribution in [2.24, 2.45) is 0 Å². The van der Waals surface area contributed by atoms with Crippen LogP contribution in [-0.4, -0.2) is 18.0 Å². The average Bonchev–Trinajstić information content (AvgIpc) is 2.89. The van der Waals surface area contributed by atoms with Gasteiger partial charge in [0.05, 0.1) is 12.7 Å². The Labute approximate surface area is 207 Å². The maximum atomic E-state index is 13.1. The fraction of sp³-hybridized carbons (Fsp3) is 0.267. The summed E-state index contributed by atoms with van der Waals surface area (Å²) >= 11 is 0. The summed E-state index contributed by atoms with van der Waals surface area (Å²) in [4.78, 5) is 24.7. The number of hydrogen-bond donors (Lipinski definition) is 0. The lowest BCUT2D eigenvalue weighted by Gasteiger charge is -2.22. The van der Waals surface area contributed by atoms with Crippen LogP contribution in [0.25, 0.3) is 0 Å². The third-order valence-electron chi connectivity index (χ3n) is 5.39. The zero-order valence-corrected chi connectivity index (χ0v) is 20.2. The molecule has 5 heteroatoms. The van der Waals surface area contributed by atoms with E-state index in [-0.39, 0.29) is 6.10 Å². The van der Waals surface area contributed by atoms with Gasteiger partial charge in [0.25, 0.3) is 0 Å². The van der Waals surface area contributed by atoms with E-state index in [0.717, 1.165) is 17.5 Å². The minimum atomic E-state index is -1.12. The molecule has 0 aliphatic carbocycles. The van der Waals surface area contributed by atoms with Crippen LogP contribution in [0.15, 0.2) is 103 Å². The van der Waals surface area contributed by atoms with Crippen molar-refractivity contribution in [1.82, 2.24) is 0 Å². The molecule has 0 spiro atoms. The van der Waals surface area contributed by atoms with Crippen LogP contribution in [0.1, 0.15) is 55.6 Å². The van der Waals surface area contributed by atoms with E-state index >= 15 is 0 Å². The molecule has 5 nitrogen and oxygen atoms in total. The van der Waals surface area contributed by atoms with Gasteiger partial charge < -0.3 is 14.2 Å². The third kappa shape index (κ3) is 8.87. The molecule has 0 unspecified atom stereocenters. The summed E-state index contributed by atoms with van der Waals surface area (Å²) in [6.45, 7) is 3.88. The Morgan fingerprint density at radius 3 is 1.89 bits per heavy atom. The summed E-state index contributed by atoms with van der Waals surface area (Å²) in [6, 6.07) is 28.5. The molecule has 182 valence electrons. The van der Waals surface area contributed by atoms with Gasteiger partial charge >= 0.3 is 11.9 Å². The molecule has 0 saturated carbocycles.